The van der Waals surface area contributed by atoms with Gasteiger partial charge < -0.3 is 20.7 Å². The molecule has 0 bridgehead atoms. The van der Waals surface area contributed by atoms with Gasteiger partial charge in [0.1, 0.15) is 6.54 Å². The number of nitrogens with zero attached hydrogens (tertiary/aromatic N) is 1. The molecule has 0 radical (unpaired) electrons. The molecule has 0 aromatic heterocycles. The van der Waals surface area contributed by atoms with Gasteiger partial charge in [-0.15, -0.1) is 0 Å². The third-order valence-corrected chi connectivity index (χ3v) is 3.81. The third kappa shape index (κ3) is 5.91. The maximum atomic E-state index is 11.8. The first kappa shape index (κ1) is 18.4. The second-order valence-corrected chi connectivity index (χ2v) is 5.78. The van der Waals surface area contributed by atoms with E-state index in [0.29, 0.717) is 24.2 Å². The SMILES string of the molecule is NC(=O)c1ccc(NC(=O)COC(=O)CN2CCCCCC2=O)cc1. The van der Waals surface area contributed by atoms with Gasteiger partial charge >= 0.3 is 5.97 Å². The summed E-state index contributed by atoms with van der Waals surface area (Å²) in [4.78, 5) is 47.8. The van der Waals surface area contributed by atoms with Gasteiger partial charge in [0.25, 0.3) is 5.91 Å². The fourth-order valence-electron chi connectivity index (χ4n) is 2.47. The Balaban J connectivity index is 1.76. The van der Waals surface area contributed by atoms with Crippen LogP contribution in [0, 0.1) is 0 Å². The summed E-state index contributed by atoms with van der Waals surface area (Å²) in [5, 5.41) is 2.54. The number of benzene rings is 1. The predicted molar refractivity (Wildman–Crippen MR) is 89.6 cm³/mol. The van der Waals surface area contributed by atoms with Gasteiger partial charge in [0.15, 0.2) is 6.61 Å². The average Bonchev–Trinajstić information content (AvgIpc) is 2.78. The number of nitrogens with two attached hydrogens (primary N) is 1. The van der Waals surface area contributed by atoms with Crippen molar-refractivity contribution in [2.75, 3.05) is 25.0 Å². The lowest BCUT2D eigenvalue weighted by Gasteiger charge is -2.19. The second kappa shape index (κ2) is 8.81. The molecule has 1 aliphatic heterocycles. The summed E-state index contributed by atoms with van der Waals surface area (Å²) in [6, 6.07) is 6.01. The first-order chi connectivity index (χ1) is 12.0. The van der Waals surface area contributed by atoms with Crippen molar-refractivity contribution in [3.63, 3.8) is 0 Å². The van der Waals surface area contributed by atoms with Crippen molar-refractivity contribution in [1.82, 2.24) is 4.90 Å². The largest absolute Gasteiger partial charge is 0.454 e. The zero-order chi connectivity index (χ0) is 18.2. The van der Waals surface area contributed by atoms with Crippen LogP contribution >= 0.6 is 0 Å². The lowest BCUT2D eigenvalue weighted by molar-refractivity contribution is -0.151. The summed E-state index contributed by atoms with van der Waals surface area (Å²) >= 11 is 0. The van der Waals surface area contributed by atoms with Crippen LogP contribution in [0.3, 0.4) is 0 Å². The van der Waals surface area contributed by atoms with Crippen LogP contribution in [-0.4, -0.2) is 48.3 Å². The average molecular weight is 347 g/mol. The van der Waals surface area contributed by atoms with Crippen LogP contribution in [-0.2, 0) is 19.1 Å². The number of likely N-dealkylation sites (tertiary alicyclic amines) is 1. The minimum atomic E-state index is -0.616. The van der Waals surface area contributed by atoms with Gasteiger partial charge in [0, 0.05) is 24.2 Å². The quantitative estimate of drug-likeness (QED) is 0.733. The van der Waals surface area contributed by atoms with E-state index in [2.05, 4.69) is 5.32 Å². The zero-order valence-corrected chi connectivity index (χ0v) is 13.8. The van der Waals surface area contributed by atoms with Crippen LogP contribution in [0.1, 0.15) is 36.0 Å². The summed E-state index contributed by atoms with van der Waals surface area (Å²) in [6.07, 6.45) is 3.10. The Bertz CT molecular complexity index is 657. The molecule has 1 heterocycles. The summed E-state index contributed by atoms with van der Waals surface area (Å²) in [6.45, 7) is -0.0514. The molecule has 0 aliphatic carbocycles. The van der Waals surface area contributed by atoms with Crippen LogP contribution in [0.5, 0.6) is 0 Å². The highest BCUT2D eigenvalue weighted by molar-refractivity contribution is 5.95. The van der Waals surface area contributed by atoms with E-state index < -0.39 is 24.4 Å². The standard InChI is InChI=1S/C17H21N3O5/c18-17(24)12-5-7-13(8-6-12)19-14(21)11-25-16(23)10-20-9-3-1-2-4-15(20)22/h5-8H,1-4,9-11H2,(H2,18,24)(H,19,21). The van der Waals surface area contributed by atoms with Crippen LogP contribution < -0.4 is 11.1 Å². The molecule has 0 saturated carbocycles. The molecule has 1 aliphatic rings. The smallest absolute Gasteiger partial charge is 0.326 e. The van der Waals surface area contributed by atoms with Crippen molar-refractivity contribution < 1.29 is 23.9 Å². The van der Waals surface area contributed by atoms with Crippen molar-refractivity contribution >= 4 is 29.4 Å². The van der Waals surface area contributed by atoms with E-state index in [4.69, 9.17) is 10.5 Å². The molecule has 1 saturated heterocycles. The molecule has 25 heavy (non-hydrogen) atoms. The highest BCUT2D eigenvalue weighted by atomic mass is 16.5. The number of carbonyl (C=O) groups excluding carboxylic acids is 4. The molecule has 8 nitrogen and oxygen atoms in total. The first-order valence-corrected chi connectivity index (χ1v) is 8.09. The van der Waals surface area contributed by atoms with Crippen LogP contribution in [0.4, 0.5) is 5.69 Å². The fraction of sp³-hybridized carbons (Fsp3) is 0.412. The van der Waals surface area contributed by atoms with Crippen molar-refractivity contribution in [2.24, 2.45) is 5.73 Å². The third-order valence-electron chi connectivity index (χ3n) is 3.81. The van der Waals surface area contributed by atoms with Gasteiger partial charge in [-0.2, -0.15) is 0 Å². The molecule has 134 valence electrons. The van der Waals surface area contributed by atoms with Gasteiger partial charge in [-0.25, -0.2) is 0 Å². The highest BCUT2D eigenvalue weighted by Gasteiger charge is 2.20. The Hall–Kier alpha value is -2.90. The van der Waals surface area contributed by atoms with Gasteiger partial charge in [-0.3, -0.25) is 19.2 Å². The number of carbonyl (C=O) groups is 4. The molecule has 0 atom stereocenters. The molecule has 3 amide bonds. The molecule has 1 aromatic carbocycles. The molecule has 2 rings (SSSR count). The number of rotatable bonds is 6. The summed E-state index contributed by atoms with van der Waals surface area (Å²) in [5.74, 6) is -1.75. The fourth-order valence-corrected chi connectivity index (χ4v) is 2.47. The summed E-state index contributed by atoms with van der Waals surface area (Å²) in [7, 11) is 0. The van der Waals surface area contributed by atoms with Gasteiger partial charge in [-0.05, 0) is 37.1 Å². The number of anilines is 1. The van der Waals surface area contributed by atoms with E-state index in [0.717, 1.165) is 19.3 Å². The molecular weight excluding hydrogens is 326 g/mol. The van der Waals surface area contributed by atoms with E-state index in [1.807, 2.05) is 0 Å². The van der Waals surface area contributed by atoms with E-state index in [9.17, 15) is 19.2 Å². The van der Waals surface area contributed by atoms with Crippen molar-refractivity contribution in [3.8, 4) is 0 Å². The van der Waals surface area contributed by atoms with E-state index in [1.165, 1.54) is 29.2 Å². The molecule has 1 fully saturated rings. The van der Waals surface area contributed by atoms with Crippen LogP contribution in [0.2, 0.25) is 0 Å². The molecule has 1 aromatic rings. The predicted octanol–water partition coefficient (Wildman–Crippen LogP) is 0.670. The highest BCUT2D eigenvalue weighted by Crippen LogP contribution is 2.11. The normalized spacial score (nSPS) is 14.6. The van der Waals surface area contributed by atoms with E-state index >= 15 is 0 Å². The van der Waals surface area contributed by atoms with Gasteiger partial charge in [0.05, 0.1) is 0 Å². The molecule has 0 spiro atoms. The number of ether oxygens (including phenoxy) is 1. The number of amides is 3. The Labute approximate surface area is 145 Å². The van der Waals surface area contributed by atoms with Crippen molar-refractivity contribution in [1.29, 1.82) is 0 Å². The first-order valence-electron chi connectivity index (χ1n) is 8.09. The maximum Gasteiger partial charge on any atom is 0.326 e. The zero-order valence-electron chi connectivity index (χ0n) is 13.8. The van der Waals surface area contributed by atoms with Crippen molar-refractivity contribution in [2.45, 2.75) is 25.7 Å². The minimum absolute atomic E-state index is 0.0616. The molecular formula is C17H21N3O5. The molecule has 3 N–H and O–H groups in total. The van der Waals surface area contributed by atoms with Gasteiger partial charge in [0.2, 0.25) is 11.8 Å². The number of nitrogens with one attached hydrogen (secondary N) is 1. The van der Waals surface area contributed by atoms with Crippen molar-refractivity contribution in [3.05, 3.63) is 29.8 Å². The minimum Gasteiger partial charge on any atom is -0.454 e. The Morgan fingerprint density at radius 3 is 2.52 bits per heavy atom. The summed E-state index contributed by atoms with van der Waals surface area (Å²) < 4.78 is 4.91. The number of primary amides is 1. The second-order valence-electron chi connectivity index (χ2n) is 5.78. The molecule has 0 unspecified atom stereocenters. The number of hydrogen-bond acceptors (Lipinski definition) is 5. The Morgan fingerprint density at radius 1 is 1.12 bits per heavy atom. The topological polar surface area (TPSA) is 119 Å². The number of hydrogen-bond donors (Lipinski definition) is 2. The number of esters is 1. The van der Waals surface area contributed by atoms with Gasteiger partial charge in [-0.1, -0.05) is 6.42 Å². The van der Waals surface area contributed by atoms with Crippen LogP contribution in [0.15, 0.2) is 24.3 Å². The van der Waals surface area contributed by atoms with E-state index in [1.54, 1.807) is 0 Å². The summed E-state index contributed by atoms with van der Waals surface area (Å²) in [5.41, 5.74) is 5.91. The molecule has 8 heteroatoms. The lowest BCUT2D eigenvalue weighted by atomic mass is 10.2. The lowest BCUT2D eigenvalue weighted by Crippen LogP contribution is -2.36. The Kier molecular flexibility index (Phi) is 6.50. The Morgan fingerprint density at radius 2 is 1.84 bits per heavy atom. The maximum absolute atomic E-state index is 11.8. The monoisotopic (exact) mass is 347 g/mol. The van der Waals surface area contributed by atoms with E-state index in [-0.39, 0.29) is 12.5 Å². The van der Waals surface area contributed by atoms with Crippen LogP contribution in [0.25, 0.3) is 0 Å².